The maximum absolute atomic E-state index is 6.77. The van der Waals surface area contributed by atoms with Gasteiger partial charge in [0.1, 0.15) is 0 Å². The second-order valence-electron chi connectivity index (χ2n) is 13.0. The molecule has 0 amide bonds. The lowest BCUT2D eigenvalue weighted by Crippen LogP contribution is -2.36. The predicted octanol–water partition coefficient (Wildman–Crippen LogP) is 7.18. The van der Waals surface area contributed by atoms with Crippen molar-refractivity contribution in [1.82, 2.24) is 0 Å². The number of benzene rings is 4. The van der Waals surface area contributed by atoms with Gasteiger partial charge in [-0.3, -0.25) is 9.98 Å². The molecule has 0 radical (unpaired) electrons. The van der Waals surface area contributed by atoms with Crippen LogP contribution in [0.15, 0.2) is 131 Å². The molecule has 4 aliphatic rings. The zero-order chi connectivity index (χ0) is 30.7. The second kappa shape index (κ2) is 13.8. The van der Waals surface area contributed by atoms with Crippen LogP contribution in [0.4, 0.5) is 0 Å². The van der Waals surface area contributed by atoms with Gasteiger partial charge in [0.05, 0.1) is 13.1 Å². The minimum Gasteiger partial charge on any atom is -0.472 e. The Bertz CT molecular complexity index is 1450. The Morgan fingerprint density at radius 2 is 0.761 bits per heavy atom. The first kappa shape index (κ1) is 30.0. The van der Waals surface area contributed by atoms with Crippen LogP contribution in [0.1, 0.15) is 38.5 Å². The van der Waals surface area contributed by atoms with Crippen molar-refractivity contribution in [2.45, 2.75) is 62.1 Å². The summed E-state index contributed by atoms with van der Waals surface area (Å²) in [6.45, 7) is 1.35. The molecule has 4 nitrogen and oxygen atoms in total. The zero-order valence-corrected chi connectivity index (χ0v) is 28.1. The van der Waals surface area contributed by atoms with Crippen molar-refractivity contribution in [2.24, 2.45) is 21.8 Å². The van der Waals surface area contributed by atoms with Crippen molar-refractivity contribution in [3.8, 4) is 0 Å². The predicted molar refractivity (Wildman–Crippen MR) is 195 cm³/mol. The van der Waals surface area contributed by atoms with E-state index in [4.69, 9.17) is 19.5 Å². The summed E-state index contributed by atoms with van der Waals surface area (Å²) in [7, 11) is -1.02. The van der Waals surface area contributed by atoms with Gasteiger partial charge in [0.25, 0.3) is 0 Å². The van der Waals surface area contributed by atoms with E-state index in [2.05, 4.69) is 121 Å². The molecule has 6 unspecified atom stereocenters. The molecule has 2 saturated carbocycles. The highest BCUT2D eigenvalue weighted by Crippen LogP contribution is 2.52. The molecule has 6 atom stereocenters. The summed E-state index contributed by atoms with van der Waals surface area (Å²) in [5.41, 5.74) is 1.06. The van der Waals surface area contributed by atoms with E-state index >= 15 is 0 Å². The van der Waals surface area contributed by atoms with E-state index in [0.717, 1.165) is 24.6 Å². The lowest BCUT2D eigenvalue weighted by Gasteiger charge is -2.31. The zero-order valence-electron chi connectivity index (χ0n) is 26.3. The molecule has 4 aromatic rings. The molecule has 0 N–H and O–H groups in total. The van der Waals surface area contributed by atoms with E-state index in [1.807, 2.05) is 0 Å². The molecular formula is C40H42N2O2P2. The van der Waals surface area contributed by atoms with Crippen LogP contribution in [-0.2, 0) is 9.47 Å². The Hall–Kier alpha value is -3.32. The van der Waals surface area contributed by atoms with Gasteiger partial charge in [-0.05, 0) is 74.1 Å². The number of rotatable bonds is 9. The van der Waals surface area contributed by atoms with Gasteiger partial charge in [0.2, 0.25) is 0 Å². The summed E-state index contributed by atoms with van der Waals surface area (Å²) in [6, 6.07) is 44.5. The second-order valence-corrected chi connectivity index (χ2v) is 17.8. The van der Waals surface area contributed by atoms with Gasteiger partial charge in [-0.15, -0.1) is 0 Å². The molecule has 4 aromatic carbocycles. The molecule has 6 heteroatoms. The van der Waals surface area contributed by atoms with E-state index in [-0.39, 0.29) is 12.2 Å². The monoisotopic (exact) mass is 644 g/mol. The Kier molecular flexibility index (Phi) is 9.02. The van der Waals surface area contributed by atoms with Gasteiger partial charge in [0.15, 0.2) is 24.0 Å². The molecular weight excluding hydrogens is 602 g/mol. The molecule has 2 aliphatic carbocycles. The molecule has 46 heavy (non-hydrogen) atoms. The standard InChI is InChI=1S/C40H42N2O2P2/c1-5-15-29(16-6-1)45(30-17-7-2-8-18-30)37-25-13-23-33(37)39-41-27-35(43-39)36-28-42-40(44-36)34-24-14-26-38(34)46(31-19-9-3-10-20-31)32-21-11-4-12-22-32/h1-12,15-22,33-38H,13-14,23-28H2. The quantitative estimate of drug-likeness (QED) is 0.181. The molecule has 2 fully saturated rings. The molecule has 234 valence electrons. The lowest BCUT2D eigenvalue weighted by atomic mass is 10.1. The first-order valence-electron chi connectivity index (χ1n) is 17.0. The Balaban J connectivity index is 0.963. The summed E-state index contributed by atoms with van der Waals surface area (Å²) < 4.78 is 13.5. The lowest BCUT2D eigenvalue weighted by molar-refractivity contribution is 0.0679. The SMILES string of the molecule is c1ccc(P(c2ccccc2)C2CCCC2C2=NCC(C3CN=C(C4CCCC4P(c4ccccc4)c4ccccc4)O3)O2)cc1. The number of nitrogens with zero attached hydrogens (tertiary/aromatic N) is 2. The fourth-order valence-corrected chi connectivity index (χ4v) is 14.4. The van der Waals surface area contributed by atoms with Crippen molar-refractivity contribution >= 4 is 48.9 Å². The van der Waals surface area contributed by atoms with E-state index in [1.165, 1.54) is 46.9 Å². The third-order valence-electron chi connectivity index (χ3n) is 10.2. The fraction of sp³-hybridized carbons (Fsp3) is 0.350. The topological polar surface area (TPSA) is 43.2 Å². The van der Waals surface area contributed by atoms with Crippen molar-refractivity contribution in [2.75, 3.05) is 13.1 Å². The molecule has 8 rings (SSSR count). The van der Waals surface area contributed by atoms with Gasteiger partial charge in [-0.2, -0.15) is 0 Å². The van der Waals surface area contributed by atoms with Crippen LogP contribution in [-0.4, -0.2) is 48.4 Å². The maximum atomic E-state index is 6.77. The van der Waals surface area contributed by atoms with E-state index in [1.54, 1.807) is 0 Å². The highest BCUT2D eigenvalue weighted by Gasteiger charge is 2.46. The number of aliphatic imine (C=N–C) groups is 2. The molecule has 0 spiro atoms. The Morgan fingerprint density at radius 3 is 1.09 bits per heavy atom. The molecule has 0 bridgehead atoms. The maximum Gasteiger partial charge on any atom is 0.187 e. The molecule has 0 saturated heterocycles. The van der Waals surface area contributed by atoms with Crippen molar-refractivity contribution in [1.29, 1.82) is 0 Å². The van der Waals surface area contributed by atoms with Crippen LogP contribution in [0.2, 0.25) is 0 Å². The van der Waals surface area contributed by atoms with Crippen molar-refractivity contribution < 1.29 is 9.47 Å². The van der Waals surface area contributed by atoms with Crippen LogP contribution in [0.25, 0.3) is 0 Å². The average Bonchev–Trinajstić information content (AvgIpc) is 3.94. The summed E-state index contributed by atoms with van der Waals surface area (Å²) >= 11 is 0. The minimum atomic E-state index is -0.508. The number of ether oxygens (including phenoxy) is 2. The van der Waals surface area contributed by atoms with E-state index < -0.39 is 15.8 Å². The van der Waals surface area contributed by atoms with Gasteiger partial charge >= 0.3 is 0 Å². The van der Waals surface area contributed by atoms with Crippen LogP contribution < -0.4 is 21.2 Å². The first-order chi connectivity index (χ1) is 22.8. The molecule has 2 heterocycles. The van der Waals surface area contributed by atoms with Gasteiger partial charge < -0.3 is 9.47 Å². The van der Waals surface area contributed by atoms with Crippen LogP contribution in [0, 0.1) is 11.8 Å². The smallest absolute Gasteiger partial charge is 0.187 e. The normalized spacial score (nSPS) is 27.4. The summed E-state index contributed by atoms with van der Waals surface area (Å²) in [5, 5.41) is 5.80. The average molecular weight is 645 g/mol. The number of hydrogen-bond donors (Lipinski definition) is 0. The first-order valence-corrected chi connectivity index (χ1v) is 19.9. The van der Waals surface area contributed by atoms with Crippen molar-refractivity contribution in [3.05, 3.63) is 121 Å². The summed E-state index contributed by atoms with van der Waals surface area (Å²) in [4.78, 5) is 10.2. The highest BCUT2D eigenvalue weighted by atomic mass is 31.1. The summed E-state index contributed by atoms with van der Waals surface area (Å²) in [6.07, 6.45) is 7.07. The van der Waals surface area contributed by atoms with Crippen molar-refractivity contribution in [3.63, 3.8) is 0 Å². The van der Waals surface area contributed by atoms with Gasteiger partial charge in [-0.25, -0.2) is 0 Å². The highest BCUT2D eigenvalue weighted by molar-refractivity contribution is 7.74. The van der Waals surface area contributed by atoms with Gasteiger partial charge in [-0.1, -0.05) is 134 Å². The van der Waals surface area contributed by atoms with Gasteiger partial charge in [0, 0.05) is 11.8 Å². The molecule has 0 aromatic heterocycles. The van der Waals surface area contributed by atoms with Crippen LogP contribution >= 0.6 is 15.8 Å². The summed E-state index contributed by atoms with van der Waals surface area (Å²) in [5.74, 6) is 2.66. The fourth-order valence-electron chi connectivity index (χ4n) is 8.11. The number of hydrogen-bond acceptors (Lipinski definition) is 4. The van der Waals surface area contributed by atoms with E-state index in [0.29, 0.717) is 36.2 Å². The van der Waals surface area contributed by atoms with Crippen LogP contribution in [0.3, 0.4) is 0 Å². The minimum absolute atomic E-state index is 0.0539. The third kappa shape index (κ3) is 6.08. The Labute approximate surface area is 275 Å². The molecule has 2 aliphatic heterocycles. The van der Waals surface area contributed by atoms with E-state index in [9.17, 15) is 0 Å². The third-order valence-corrected chi connectivity index (χ3v) is 16.2. The Morgan fingerprint density at radius 1 is 0.435 bits per heavy atom. The largest absolute Gasteiger partial charge is 0.472 e. The van der Waals surface area contributed by atoms with Crippen LogP contribution in [0.5, 0.6) is 0 Å².